The van der Waals surface area contributed by atoms with Gasteiger partial charge in [-0.1, -0.05) is 0 Å². The lowest BCUT2D eigenvalue weighted by Gasteiger charge is -2.11. The summed E-state index contributed by atoms with van der Waals surface area (Å²) in [4.78, 5) is 15.5. The summed E-state index contributed by atoms with van der Waals surface area (Å²) in [7, 11) is 0. The van der Waals surface area contributed by atoms with Gasteiger partial charge in [-0.25, -0.2) is 0 Å². The van der Waals surface area contributed by atoms with Crippen molar-refractivity contribution in [2.75, 3.05) is 12.3 Å². The van der Waals surface area contributed by atoms with Gasteiger partial charge in [0, 0.05) is 6.20 Å². The van der Waals surface area contributed by atoms with Gasteiger partial charge in [0.1, 0.15) is 0 Å². The molecule has 0 aromatic carbocycles. The van der Waals surface area contributed by atoms with Crippen LogP contribution in [0.15, 0.2) is 12.3 Å². The van der Waals surface area contributed by atoms with Gasteiger partial charge in [0.25, 0.3) is 0 Å². The number of carbonyl (C=O) groups is 1. The molecule has 16 heavy (non-hydrogen) atoms. The van der Waals surface area contributed by atoms with Crippen LogP contribution in [0.4, 0.5) is 5.69 Å². The molecule has 0 spiro atoms. The SMILES string of the molecule is CCOC(=O)C(C#N)c1nccc(C)c1N. The van der Waals surface area contributed by atoms with Crippen molar-refractivity contribution in [3.05, 3.63) is 23.5 Å². The summed E-state index contributed by atoms with van der Waals surface area (Å²) in [5.41, 5.74) is 7.19. The van der Waals surface area contributed by atoms with Crippen molar-refractivity contribution in [1.82, 2.24) is 4.98 Å². The van der Waals surface area contributed by atoms with Gasteiger partial charge in [-0.15, -0.1) is 0 Å². The van der Waals surface area contributed by atoms with E-state index in [1.165, 1.54) is 6.20 Å². The van der Waals surface area contributed by atoms with Crippen LogP contribution in [-0.2, 0) is 9.53 Å². The Hall–Kier alpha value is -2.09. The number of hydrogen-bond acceptors (Lipinski definition) is 5. The Labute approximate surface area is 93.8 Å². The highest BCUT2D eigenvalue weighted by Gasteiger charge is 2.25. The van der Waals surface area contributed by atoms with Crippen LogP contribution in [0.5, 0.6) is 0 Å². The molecule has 5 heteroatoms. The van der Waals surface area contributed by atoms with Gasteiger partial charge in [-0.2, -0.15) is 5.26 Å². The molecule has 0 aliphatic rings. The molecule has 1 unspecified atom stereocenters. The summed E-state index contributed by atoms with van der Waals surface area (Å²) in [5, 5.41) is 8.95. The molecule has 1 heterocycles. The third-order valence-corrected chi connectivity index (χ3v) is 2.16. The van der Waals surface area contributed by atoms with E-state index in [0.29, 0.717) is 5.69 Å². The van der Waals surface area contributed by atoms with E-state index in [2.05, 4.69) is 4.98 Å². The van der Waals surface area contributed by atoms with Crippen molar-refractivity contribution in [3.63, 3.8) is 0 Å². The van der Waals surface area contributed by atoms with Gasteiger partial charge >= 0.3 is 5.97 Å². The lowest BCUT2D eigenvalue weighted by atomic mass is 10.0. The van der Waals surface area contributed by atoms with Crippen molar-refractivity contribution in [2.24, 2.45) is 0 Å². The number of nitrogens with zero attached hydrogens (tertiary/aromatic N) is 2. The number of aryl methyl sites for hydroxylation is 1. The van der Waals surface area contributed by atoms with E-state index in [4.69, 9.17) is 15.7 Å². The molecule has 1 aromatic rings. The van der Waals surface area contributed by atoms with Crippen LogP contribution < -0.4 is 5.73 Å². The maximum Gasteiger partial charge on any atom is 0.329 e. The Morgan fingerprint density at radius 3 is 3.00 bits per heavy atom. The van der Waals surface area contributed by atoms with Gasteiger partial charge in [0.05, 0.1) is 24.1 Å². The monoisotopic (exact) mass is 219 g/mol. The molecule has 0 bridgehead atoms. The first-order chi connectivity index (χ1) is 7.61. The fraction of sp³-hybridized carbons (Fsp3) is 0.364. The third-order valence-electron chi connectivity index (χ3n) is 2.16. The predicted molar refractivity (Wildman–Crippen MR) is 58.4 cm³/mol. The number of anilines is 1. The third kappa shape index (κ3) is 2.28. The highest BCUT2D eigenvalue weighted by Crippen LogP contribution is 2.23. The van der Waals surface area contributed by atoms with E-state index in [1.54, 1.807) is 19.9 Å². The smallest absolute Gasteiger partial charge is 0.329 e. The standard InChI is InChI=1S/C11H13N3O2/c1-3-16-11(15)8(6-12)10-9(13)7(2)4-5-14-10/h4-5,8H,3,13H2,1-2H3. The van der Waals surface area contributed by atoms with E-state index in [1.807, 2.05) is 6.07 Å². The first kappa shape index (κ1) is 12.0. The van der Waals surface area contributed by atoms with Gasteiger partial charge in [-0.05, 0) is 25.5 Å². The molecule has 2 N–H and O–H groups in total. The van der Waals surface area contributed by atoms with Crippen LogP contribution in [0.2, 0.25) is 0 Å². The molecule has 5 nitrogen and oxygen atoms in total. The number of esters is 1. The first-order valence-electron chi connectivity index (χ1n) is 4.89. The minimum absolute atomic E-state index is 0.225. The van der Waals surface area contributed by atoms with Gasteiger partial charge in [0.15, 0.2) is 5.92 Å². The van der Waals surface area contributed by atoms with E-state index >= 15 is 0 Å². The molecular weight excluding hydrogens is 206 g/mol. The van der Waals surface area contributed by atoms with Crippen LogP contribution in [0.1, 0.15) is 24.1 Å². The second-order valence-corrected chi connectivity index (χ2v) is 3.24. The number of aromatic nitrogens is 1. The lowest BCUT2D eigenvalue weighted by molar-refractivity contribution is -0.143. The fourth-order valence-corrected chi connectivity index (χ4v) is 1.27. The summed E-state index contributed by atoms with van der Waals surface area (Å²) in [6, 6.07) is 3.57. The van der Waals surface area contributed by atoms with Gasteiger partial charge < -0.3 is 10.5 Å². The van der Waals surface area contributed by atoms with Gasteiger partial charge in [-0.3, -0.25) is 9.78 Å². The number of carbonyl (C=O) groups excluding carboxylic acids is 1. The van der Waals surface area contributed by atoms with Crippen molar-refractivity contribution >= 4 is 11.7 Å². The van der Waals surface area contributed by atoms with Gasteiger partial charge in [0.2, 0.25) is 0 Å². The number of nitrogens with two attached hydrogens (primary N) is 1. The zero-order valence-corrected chi connectivity index (χ0v) is 9.23. The second-order valence-electron chi connectivity index (χ2n) is 3.24. The van der Waals surface area contributed by atoms with Crippen molar-refractivity contribution in [1.29, 1.82) is 5.26 Å². The number of pyridine rings is 1. The van der Waals surface area contributed by atoms with Crippen LogP contribution in [0, 0.1) is 18.3 Å². The van der Waals surface area contributed by atoms with Crippen molar-refractivity contribution in [3.8, 4) is 6.07 Å². The lowest BCUT2D eigenvalue weighted by Crippen LogP contribution is -2.17. The summed E-state index contributed by atoms with van der Waals surface area (Å²) in [5.74, 6) is -1.67. The molecule has 1 aromatic heterocycles. The average Bonchev–Trinajstić information content (AvgIpc) is 2.25. The molecule has 0 aliphatic heterocycles. The number of rotatable bonds is 3. The molecule has 0 saturated heterocycles. The summed E-state index contributed by atoms with van der Waals surface area (Å²) in [6.45, 7) is 3.70. The van der Waals surface area contributed by atoms with Crippen molar-refractivity contribution in [2.45, 2.75) is 19.8 Å². The second kappa shape index (κ2) is 5.12. The molecular formula is C11H13N3O2. The summed E-state index contributed by atoms with van der Waals surface area (Å²) >= 11 is 0. The van der Waals surface area contributed by atoms with Crippen LogP contribution in [0.3, 0.4) is 0 Å². The largest absolute Gasteiger partial charge is 0.465 e. The minimum Gasteiger partial charge on any atom is -0.465 e. The average molecular weight is 219 g/mol. The minimum atomic E-state index is -1.06. The van der Waals surface area contributed by atoms with Crippen LogP contribution in [-0.4, -0.2) is 17.6 Å². The van der Waals surface area contributed by atoms with Crippen LogP contribution in [0.25, 0.3) is 0 Å². The summed E-state index contributed by atoms with van der Waals surface area (Å²) < 4.78 is 4.79. The number of ether oxygens (including phenoxy) is 1. The zero-order chi connectivity index (χ0) is 12.1. The Bertz CT molecular complexity index is 437. The molecule has 84 valence electrons. The molecule has 0 amide bonds. The predicted octanol–water partition coefficient (Wildman–Crippen LogP) is 1.14. The van der Waals surface area contributed by atoms with E-state index in [-0.39, 0.29) is 12.3 Å². The molecule has 0 aliphatic carbocycles. The Morgan fingerprint density at radius 2 is 2.44 bits per heavy atom. The molecule has 0 saturated carbocycles. The Morgan fingerprint density at radius 1 is 1.75 bits per heavy atom. The maximum absolute atomic E-state index is 11.5. The topological polar surface area (TPSA) is 89.0 Å². The first-order valence-corrected chi connectivity index (χ1v) is 4.89. The van der Waals surface area contributed by atoms with E-state index < -0.39 is 11.9 Å². The highest BCUT2D eigenvalue weighted by molar-refractivity contribution is 5.82. The van der Waals surface area contributed by atoms with E-state index in [9.17, 15) is 4.79 Å². The maximum atomic E-state index is 11.5. The molecule has 1 rings (SSSR count). The Balaban J connectivity index is 3.10. The Kier molecular flexibility index (Phi) is 3.84. The fourth-order valence-electron chi connectivity index (χ4n) is 1.27. The zero-order valence-electron chi connectivity index (χ0n) is 9.23. The molecule has 0 fully saturated rings. The van der Waals surface area contributed by atoms with Crippen molar-refractivity contribution < 1.29 is 9.53 Å². The van der Waals surface area contributed by atoms with Crippen LogP contribution >= 0.6 is 0 Å². The quantitative estimate of drug-likeness (QED) is 0.770. The molecule has 0 radical (unpaired) electrons. The molecule has 1 atom stereocenters. The number of hydrogen-bond donors (Lipinski definition) is 1. The number of nitrogen functional groups attached to an aromatic ring is 1. The normalized spacial score (nSPS) is 11.6. The highest BCUT2D eigenvalue weighted by atomic mass is 16.5. The number of nitriles is 1. The summed E-state index contributed by atoms with van der Waals surface area (Å²) in [6.07, 6.45) is 1.52. The van der Waals surface area contributed by atoms with E-state index in [0.717, 1.165) is 5.56 Å².